The maximum atomic E-state index is 13.9. The second kappa shape index (κ2) is 7.72. The van der Waals surface area contributed by atoms with Crippen LogP contribution in [0.3, 0.4) is 0 Å². The maximum Gasteiger partial charge on any atom is 0.243 e. The van der Waals surface area contributed by atoms with Gasteiger partial charge in [0.15, 0.2) is 0 Å². The quantitative estimate of drug-likeness (QED) is 0.568. The van der Waals surface area contributed by atoms with Gasteiger partial charge in [-0.1, -0.05) is 13.8 Å². The van der Waals surface area contributed by atoms with Crippen molar-refractivity contribution in [2.45, 2.75) is 32.1 Å². The number of nitrogens with two attached hydrogens (primary N) is 1. The molecule has 0 fully saturated rings. The molecule has 5 nitrogen and oxygen atoms in total. The van der Waals surface area contributed by atoms with Crippen LogP contribution in [0.2, 0.25) is 0 Å². The lowest BCUT2D eigenvalue weighted by Gasteiger charge is -2.10. The normalized spacial score (nSPS) is 12.0. The zero-order valence-corrected chi connectivity index (χ0v) is 13.5. The average molecular weight is 318 g/mol. The highest BCUT2D eigenvalue weighted by molar-refractivity contribution is 7.89. The summed E-state index contributed by atoms with van der Waals surface area (Å²) >= 11 is 0. The highest BCUT2D eigenvalue weighted by Crippen LogP contribution is 2.21. The second-order valence-corrected chi connectivity index (χ2v) is 7.11. The molecule has 0 aliphatic carbocycles. The average Bonchev–Trinajstić information content (AvgIpc) is 2.37. The van der Waals surface area contributed by atoms with E-state index in [-0.39, 0.29) is 17.8 Å². The molecule has 0 saturated heterocycles. The van der Waals surface area contributed by atoms with Gasteiger partial charge in [0, 0.05) is 25.4 Å². The topological polar surface area (TPSA) is 81.4 Å². The Bertz CT molecular complexity index is 574. The Kier molecular flexibility index (Phi) is 6.57. The molecule has 0 aliphatic heterocycles. The molecule has 0 saturated carbocycles. The van der Waals surface area contributed by atoms with Crippen molar-refractivity contribution < 1.29 is 17.5 Å². The van der Waals surface area contributed by atoms with Crippen molar-refractivity contribution >= 4 is 15.7 Å². The van der Waals surface area contributed by atoms with E-state index in [2.05, 4.69) is 4.72 Å². The molecule has 1 rings (SSSR count). The smallest absolute Gasteiger partial charge is 0.243 e. The Morgan fingerprint density at radius 2 is 2.05 bits per heavy atom. The summed E-state index contributed by atoms with van der Waals surface area (Å²) in [5.41, 5.74) is 5.99. The maximum absolute atomic E-state index is 13.9. The fourth-order valence-electron chi connectivity index (χ4n) is 1.74. The molecule has 1 aromatic carbocycles. The molecule has 7 heteroatoms. The Morgan fingerprint density at radius 1 is 1.38 bits per heavy atom. The highest BCUT2D eigenvalue weighted by Gasteiger charge is 2.20. The van der Waals surface area contributed by atoms with Gasteiger partial charge >= 0.3 is 0 Å². The van der Waals surface area contributed by atoms with Crippen LogP contribution >= 0.6 is 0 Å². The van der Waals surface area contributed by atoms with Gasteiger partial charge in [-0.2, -0.15) is 0 Å². The van der Waals surface area contributed by atoms with Crippen LogP contribution in [0, 0.1) is 18.7 Å². The SMILES string of the molecule is Cc1cc(N)cc(S(=O)(=O)NCCCOCC(C)C)c1F. The minimum absolute atomic E-state index is 0.188. The molecule has 120 valence electrons. The van der Waals surface area contributed by atoms with Crippen molar-refractivity contribution in [2.24, 2.45) is 5.92 Å². The van der Waals surface area contributed by atoms with E-state index in [1.54, 1.807) is 0 Å². The number of anilines is 1. The summed E-state index contributed by atoms with van der Waals surface area (Å²) < 4.78 is 45.7. The number of sulfonamides is 1. The summed E-state index contributed by atoms with van der Waals surface area (Å²) in [5, 5.41) is 0. The summed E-state index contributed by atoms with van der Waals surface area (Å²) in [7, 11) is -3.90. The molecular weight excluding hydrogens is 295 g/mol. The van der Waals surface area contributed by atoms with Gasteiger partial charge in [0.05, 0.1) is 0 Å². The van der Waals surface area contributed by atoms with Crippen LogP contribution in [0.4, 0.5) is 10.1 Å². The van der Waals surface area contributed by atoms with Crippen molar-refractivity contribution in [1.29, 1.82) is 0 Å². The number of nitrogens with one attached hydrogen (secondary N) is 1. The molecule has 0 aliphatic rings. The van der Waals surface area contributed by atoms with Crippen molar-refractivity contribution in [3.05, 3.63) is 23.5 Å². The van der Waals surface area contributed by atoms with E-state index in [9.17, 15) is 12.8 Å². The van der Waals surface area contributed by atoms with Crippen LogP contribution in [-0.4, -0.2) is 28.2 Å². The lowest BCUT2D eigenvalue weighted by Crippen LogP contribution is -2.27. The molecular formula is C14H23FN2O3S. The van der Waals surface area contributed by atoms with Crippen LogP contribution < -0.4 is 10.5 Å². The fraction of sp³-hybridized carbons (Fsp3) is 0.571. The Labute approximate surface area is 125 Å². The number of nitrogen functional groups attached to an aromatic ring is 1. The van der Waals surface area contributed by atoms with E-state index < -0.39 is 20.7 Å². The number of aryl methyl sites for hydroxylation is 1. The second-order valence-electron chi connectivity index (χ2n) is 5.37. The minimum Gasteiger partial charge on any atom is -0.399 e. The van der Waals surface area contributed by atoms with Gasteiger partial charge in [0.1, 0.15) is 10.7 Å². The summed E-state index contributed by atoms with van der Waals surface area (Å²) in [4.78, 5) is -0.414. The zero-order chi connectivity index (χ0) is 16.0. The number of hydrogen-bond acceptors (Lipinski definition) is 4. The van der Waals surface area contributed by atoms with E-state index in [0.717, 1.165) is 6.07 Å². The zero-order valence-electron chi connectivity index (χ0n) is 12.6. The Balaban J connectivity index is 2.59. The van der Waals surface area contributed by atoms with Gasteiger partial charge < -0.3 is 10.5 Å². The summed E-state index contributed by atoms with van der Waals surface area (Å²) in [6.45, 7) is 6.83. The van der Waals surface area contributed by atoms with Crippen molar-refractivity contribution in [3.8, 4) is 0 Å². The van der Waals surface area contributed by atoms with Crippen LogP contribution in [0.15, 0.2) is 17.0 Å². The van der Waals surface area contributed by atoms with Gasteiger partial charge in [-0.15, -0.1) is 0 Å². The van der Waals surface area contributed by atoms with Gasteiger partial charge in [-0.3, -0.25) is 0 Å². The number of benzene rings is 1. The Morgan fingerprint density at radius 3 is 2.67 bits per heavy atom. The first-order valence-electron chi connectivity index (χ1n) is 6.87. The van der Waals surface area contributed by atoms with Gasteiger partial charge in [-0.05, 0) is 37.0 Å². The molecule has 1 aromatic rings. The lowest BCUT2D eigenvalue weighted by molar-refractivity contribution is 0.108. The molecule has 0 amide bonds. The van der Waals surface area contributed by atoms with E-state index in [0.29, 0.717) is 25.6 Å². The highest BCUT2D eigenvalue weighted by atomic mass is 32.2. The van der Waals surface area contributed by atoms with Crippen LogP contribution in [0.5, 0.6) is 0 Å². The largest absolute Gasteiger partial charge is 0.399 e. The monoisotopic (exact) mass is 318 g/mol. The van der Waals surface area contributed by atoms with Gasteiger partial charge in [0.25, 0.3) is 0 Å². The van der Waals surface area contributed by atoms with Crippen molar-refractivity contribution in [1.82, 2.24) is 4.72 Å². The van der Waals surface area contributed by atoms with Crippen LogP contribution in [0.1, 0.15) is 25.8 Å². The first kappa shape index (κ1) is 17.9. The summed E-state index contributed by atoms with van der Waals surface area (Å²) in [6, 6.07) is 2.52. The molecule has 0 heterocycles. The van der Waals surface area contributed by atoms with E-state index in [1.165, 1.54) is 13.0 Å². The third-order valence-electron chi connectivity index (χ3n) is 2.74. The first-order chi connectivity index (χ1) is 9.74. The number of ether oxygens (including phenoxy) is 1. The molecule has 0 unspecified atom stereocenters. The lowest BCUT2D eigenvalue weighted by atomic mass is 10.2. The van der Waals surface area contributed by atoms with Crippen molar-refractivity contribution in [2.75, 3.05) is 25.5 Å². The minimum atomic E-state index is -3.90. The molecule has 21 heavy (non-hydrogen) atoms. The van der Waals surface area contributed by atoms with Crippen molar-refractivity contribution in [3.63, 3.8) is 0 Å². The van der Waals surface area contributed by atoms with E-state index in [4.69, 9.17) is 10.5 Å². The summed E-state index contributed by atoms with van der Waals surface area (Å²) in [5.74, 6) is -0.334. The predicted octanol–water partition coefficient (Wildman–Crippen LogP) is 2.06. The third-order valence-corrected chi connectivity index (χ3v) is 4.20. The molecule has 3 N–H and O–H groups in total. The van der Waals surface area contributed by atoms with E-state index >= 15 is 0 Å². The third kappa shape index (κ3) is 5.61. The molecule has 0 aromatic heterocycles. The number of halogens is 1. The first-order valence-corrected chi connectivity index (χ1v) is 8.35. The number of hydrogen-bond donors (Lipinski definition) is 2. The van der Waals surface area contributed by atoms with Gasteiger partial charge in [0.2, 0.25) is 10.0 Å². The summed E-state index contributed by atoms with van der Waals surface area (Å²) in [6.07, 6.45) is 0.523. The van der Waals surface area contributed by atoms with E-state index in [1.807, 2.05) is 13.8 Å². The molecule has 0 atom stereocenters. The predicted molar refractivity (Wildman–Crippen MR) is 81.0 cm³/mol. The van der Waals surface area contributed by atoms with Gasteiger partial charge in [-0.25, -0.2) is 17.5 Å². The Hall–Kier alpha value is -1.18. The van der Waals surface area contributed by atoms with Crippen LogP contribution in [0.25, 0.3) is 0 Å². The standard InChI is InChI=1S/C14H23FN2O3S/c1-10(2)9-20-6-4-5-17-21(18,19)13-8-12(16)7-11(3)14(13)15/h7-8,10,17H,4-6,9,16H2,1-3H3. The molecule has 0 radical (unpaired) electrons. The van der Waals surface area contributed by atoms with Crippen LogP contribution in [-0.2, 0) is 14.8 Å². The molecule has 0 spiro atoms. The number of rotatable bonds is 8. The molecule has 0 bridgehead atoms. The fourth-order valence-corrected chi connectivity index (χ4v) is 2.99.